The Morgan fingerprint density at radius 2 is 2.29 bits per heavy atom. The van der Waals surface area contributed by atoms with Crippen LogP contribution in [0.2, 0.25) is 0 Å². The van der Waals surface area contributed by atoms with Gasteiger partial charge in [-0.05, 0) is 31.2 Å². The summed E-state index contributed by atoms with van der Waals surface area (Å²) in [6, 6.07) is 0.312. The van der Waals surface area contributed by atoms with Crippen molar-refractivity contribution >= 4 is 0 Å². The minimum absolute atomic E-state index is 0.312. The first-order valence-corrected chi connectivity index (χ1v) is 6.27. The summed E-state index contributed by atoms with van der Waals surface area (Å²) in [6.45, 7) is 3.72. The third kappa shape index (κ3) is 5.81. The second kappa shape index (κ2) is 8.22. The Balaban J connectivity index is 2.18. The van der Waals surface area contributed by atoms with Gasteiger partial charge in [-0.1, -0.05) is 6.92 Å². The first-order valence-electron chi connectivity index (χ1n) is 6.27. The van der Waals surface area contributed by atoms with E-state index in [1.54, 1.807) is 0 Å². The van der Waals surface area contributed by atoms with Gasteiger partial charge < -0.3 is 4.74 Å². The third-order valence-electron chi connectivity index (χ3n) is 2.73. The predicted molar refractivity (Wildman–Crippen MR) is 68.4 cm³/mol. The zero-order valence-corrected chi connectivity index (χ0v) is 10.9. The van der Waals surface area contributed by atoms with Crippen LogP contribution < -0.4 is 11.3 Å². The lowest BCUT2D eigenvalue weighted by molar-refractivity contribution is 0.123. The van der Waals surface area contributed by atoms with Gasteiger partial charge in [0.25, 0.3) is 0 Å². The second-order valence-corrected chi connectivity index (χ2v) is 4.33. The molecule has 5 heteroatoms. The van der Waals surface area contributed by atoms with Crippen LogP contribution in [0.1, 0.15) is 31.7 Å². The molecular formula is C12H24N4O. The average Bonchev–Trinajstić information content (AvgIpc) is 2.74. The number of rotatable bonds is 9. The topological polar surface area (TPSA) is 65.1 Å². The Morgan fingerprint density at radius 3 is 2.88 bits per heavy atom. The standard InChI is InChI=1S/C12H24N4O/c1-3-7-17-8-6-12(15-13)5-4-11-9-14-16(2)10-11/h9-10,12,15H,3-8,13H2,1-2H3. The summed E-state index contributed by atoms with van der Waals surface area (Å²) in [6.07, 6.45) is 7.98. The van der Waals surface area contributed by atoms with Crippen LogP contribution in [0.3, 0.4) is 0 Å². The van der Waals surface area contributed by atoms with Gasteiger partial charge in [0, 0.05) is 32.5 Å². The van der Waals surface area contributed by atoms with Crippen LogP contribution in [-0.4, -0.2) is 29.0 Å². The van der Waals surface area contributed by atoms with Crippen molar-refractivity contribution in [1.82, 2.24) is 15.2 Å². The maximum absolute atomic E-state index is 5.53. The molecule has 0 radical (unpaired) electrons. The summed E-state index contributed by atoms with van der Waals surface area (Å²) in [4.78, 5) is 0. The Bertz CT molecular complexity index is 300. The molecule has 0 aromatic carbocycles. The SMILES string of the molecule is CCCOCCC(CCc1cnn(C)c1)NN. The Kier molecular flexibility index (Phi) is 6.84. The number of nitrogens with zero attached hydrogens (tertiary/aromatic N) is 2. The van der Waals surface area contributed by atoms with Crippen molar-refractivity contribution < 1.29 is 4.74 Å². The molecule has 1 atom stereocenters. The van der Waals surface area contributed by atoms with E-state index in [1.807, 2.05) is 24.1 Å². The van der Waals surface area contributed by atoms with Crippen LogP contribution in [0.15, 0.2) is 12.4 Å². The van der Waals surface area contributed by atoms with Gasteiger partial charge in [-0.25, -0.2) is 0 Å². The summed E-state index contributed by atoms with van der Waals surface area (Å²) >= 11 is 0. The van der Waals surface area contributed by atoms with Crippen molar-refractivity contribution in [2.24, 2.45) is 12.9 Å². The van der Waals surface area contributed by atoms with Gasteiger partial charge in [-0.15, -0.1) is 0 Å². The van der Waals surface area contributed by atoms with Gasteiger partial charge in [0.2, 0.25) is 0 Å². The first-order chi connectivity index (χ1) is 8.26. The molecule has 0 amide bonds. The van der Waals surface area contributed by atoms with Gasteiger partial charge in [0.1, 0.15) is 0 Å². The molecule has 1 aromatic heterocycles. The third-order valence-corrected chi connectivity index (χ3v) is 2.73. The fourth-order valence-corrected chi connectivity index (χ4v) is 1.72. The number of nitrogens with one attached hydrogen (secondary N) is 1. The minimum Gasteiger partial charge on any atom is -0.381 e. The zero-order valence-electron chi connectivity index (χ0n) is 10.9. The number of nitrogens with two attached hydrogens (primary N) is 1. The van der Waals surface area contributed by atoms with Gasteiger partial charge in [0.15, 0.2) is 0 Å². The lowest BCUT2D eigenvalue weighted by atomic mass is 10.1. The zero-order chi connectivity index (χ0) is 12.5. The predicted octanol–water partition coefficient (Wildman–Crippen LogP) is 1.00. The molecule has 98 valence electrons. The molecule has 17 heavy (non-hydrogen) atoms. The van der Waals surface area contributed by atoms with Gasteiger partial charge >= 0.3 is 0 Å². The van der Waals surface area contributed by atoms with E-state index in [2.05, 4.69) is 17.4 Å². The highest BCUT2D eigenvalue weighted by Crippen LogP contribution is 2.06. The smallest absolute Gasteiger partial charge is 0.0521 e. The number of aryl methyl sites for hydroxylation is 2. The summed E-state index contributed by atoms with van der Waals surface area (Å²) in [5.74, 6) is 5.53. The highest BCUT2D eigenvalue weighted by molar-refractivity contribution is 5.03. The van der Waals surface area contributed by atoms with Crippen molar-refractivity contribution in [2.75, 3.05) is 13.2 Å². The molecular weight excluding hydrogens is 216 g/mol. The first kappa shape index (κ1) is 14.2. The molecule has 0 aliphatic carbocycles. The van der Waals surface area contributed by atoms with Crippen LogP contribution in [0.5, 0.6) is 0 Å². The molecule has 0 aliphatic rings. The Labute approximate surface area is 103 Å². The Morgan fingerprint density at radius 1 is 1.47 bits per heavy atom. The lowest BCUT2D eigenvalue weighted by Gasteiger charge is -2.15. The number of hydrogen-bond acceptors (Lipinski definition) is 4. The molecule has 1 heterocycles. The van der Waals surface area contributed by atoms with Crippen LogP contribution in [-0.2, 0) is 18.2 Å². The fourth-order valence-electron chi connectivity index (χ4n) is 1.72. The van der Waals surface area contributed by atoms with Crippen LogP contribution in [0.4, 0.5) is 0 Å². The van der Waals surface area contributed by atoms with Gasteiger partial charge in [-0.2, -0.15) is 5.10 Å². The molecule has 0 spiro atoms. The molecule has 1 aromatic rings. The van der Waals surface area contributed by atoms with Crippen LogP contribution >= 0.6 is 0 Å². The highest BCUT2D eigenvalue weighted by Gasteiger charge is 2.07. The molecule has 0 bridgehead atoms. The largest absolute Gasteiger partial charge is 0.381 e. The van der Waals surface area contributed by atoms with Gasteiger partial charge in [0.05, 0.1) is 6.20 Å². The molecule has 0 fully saturated rings. The van der Waals surface area contributed by atoms with E-state index in [0.717, 1.165) is 38.9 Å². The number of ether oxygens (including phenoxy) is 1. The summed E-state index contributed by atoms with van der Waals surface area (Å²) in [5, 5.41) is 4.15. The van der Waals surface area contributed by atoms with Crippen molar-refractivity contribution in [1.29, 1.82) is 0 Å². The lowest BCUT2D eigenvalue weighted by Crippen LogP contribution is -2.36. The molecule has 1 unspecified atom stereocenters. The summed E-state index contributed by atoms with van der Waals surface area (Å²) < 4.78 is 7.28. The van der Waals surface area contributed by atoms with Crippen molar-refractivity contribution in [2.45, 2.75) is 38.6 Å². The molecule has 5 nitrogen and oxygen atoms in total. The number of hydrogen-bond donors (Lipinski definition) is 2. The van der Waals surface area contributed by atoms with Crippen molar-refractivity contribution in [3.8, 4) is 0 Å². The summed E-state index contributed by atoms with van der Waals surface area (Å²) in [7, 11) is 1.93. The monoisotopic (exact) mass is 240 g/mol. The normalized spacial score (nSPS) is 12.9. The minimum atomic E-state index is 0.312. The van der Waals surface area contributed by atoms with E-state index in [9.17, 15) is 0 Å². The quantitative estimate of drug-likeness (QED) is 0.384. The van der Waals surface area contributed by atoms with Crippen LogP contribution in [0, 0.1) is 0 Å². The van der Waals surface area contributed by atoms with Crippen molar-refractivity contribution in [3.63, 3.8) is 0 Å². The Hall–Kier alpha value is -0.910. The molecule has 0 saturated heterocycles. The maximum atomic E-state index is 5.53. The molecule has 3 N–H and O–H groups in total. The summed E-state index contributed by atoms with van der Waals surface area (Å²) in [5.41, 5.74) is 4.10. The van der Waals surface area contributed by atoms with Gasteiger partial charge in [-0.3, -0.25) is 16.0 Å². The number of hydrazine groups is 1. The van der Waals surface area contributed by atoms with E-state index in [4.69, 9.17) is 10.6 Å². The van der Waals surface area contributed by atoms with Crippen LogP contribution in [0.25, 0.3) is 0 Å². The highest BCUT2D eigenvalue weighted by atomic mass is 16.5. The second-order valence-electron chi connectivity index (χ2n) is 4.33. The van der Waals surface area contributed by atoms with E-state index in [-0.39, 0.29) is 0 Å². The van der Waals surface area contributed by atoms with E-state index in [0.29, 0.717) is 6.04 Å². The van der Waals surface area contributed by atoms with E-state index in [1.165, 1.54) is 5.56 Å². The van der Waals surface area contributed by atoms with E-state index >= 15 is 0 Å². The molecule has 0 aliphatic heterocycles. The average molecular weight is 240 g/mol. The molecule has 1 rings (SSSR count). The number of aromatic nitrogens is 2. The fraction of sp³-hybridized carbons (Fsp3) is 0.750. The van der Waals surface area contributed by atoms with E-state index < -0.39 is 0 Å². The van der Waals surface area contributed by atoms with Crippen molar-refractivity contribution in [3.05, 3.63) is 18.0 Å². The molecule has 0 saturated carbocycles. The maximum Gasteiger partial charge on any atom is 0.0521 e.